The quantitative estimate of drug-likeness (QED) is 0.313. The molecule has 0 aliphatic rings. The van der Waals surface area contributed by atoms with Crippen LogP contribution in [-0.4, -0.2) is 10.3 Å². The van der Waals surface area contributed by atoms with Crippen LogP contribution < -0.4 is 0 Å². The molecule has 0 unspecified atom stereocenters. The summed E-state index contributed by atoms with van der Waals surface area (Å²) in [7, 11) is 0. The van der Waals surface area contributed by atoms with Crippen LogP contribution in [0.4, 0.5) is 0 Å². The van der Waals surface area contributed by atoms with Crippen LogP contribution >= 0.6 is 25.6 Å². The normalized spacial score (nSPS) is 5.67. The van der Waals surface area contributed by atoms with E-state index in [-0.39, 0.29) is 34.3 Å². The summed E-state index contributed by atoms with van der Waals surface area (Å²) in [4.78, 5) is 12.9. The van der Waals surface area contributed by atoms with Crippen molar-refractivity contribution in [3.63, 3.8) is 0 Å². The number of hydrogen-bond donors (Lipinski definition) is 2. The van der Waals surface area contributed by atoms with Gasteiger partial charge >= 0.3 is 0 Å². The van der Waals surface area contributed by atoms with Crippen LogP contribution in [-0.2, 0) is 29.1 Å². The molecule has 0 aromatic rings. The third kappa shape index (κ3) is 28.3. The Morgan fingerprint density at radius 1 is 1.33 bits per heavy atom. The van der Waals surface area contributed by atoms with E-state index in [9.17, 15) is 0 Å². The maximum absolute atomic E-state index is 9.13. The molecule has 0 aliphatic heterocycles. The van der Waals surface area contributed by atoms with Crippen LogP contribution in [0, 0.1) is 14.9 Å². The minimum atomic E-state index is 0. The Hall–Kier alpha value is 0.753. The predicted octanol–water partition coefficient (Wildman–Crippen LogP) is 0.875. The Labute approximate surface area is 79.9 Å². The molecule has 3 nitrogen and oxygen atoms in total. The number of carbonyl (C=O) groups excluding carboxylic acids is 1. The molecule has 0 saturated heterocycles. The second kappa shape index (κ2) is 15.9. The van der Waals surface area contributed by atoms with Crippen molar-refractivity contribution in [2.75, 3.05) is 0 Å². The van der Waals surface area contributed by atoms with E-state index in [1.54, 1.807) is 0 Å². The Morgan fingerprint density at radius 3 is 1.67 bits per heavy atom. The van der Waals surface area contributed by atoms with Gasteiger partial charge in [-0.3, -0.25) is 0 Å². The van der Waals surface area contributed by atoms with Crippen LogP contribution in [0.25, 0.3) is 0 Å². The van der Waals surface area contributed by atoms with Crippen molar-refractivity contribution in [3.05, 3.63) is 14.9 Å². The van der Waals surface area contributed by atoms with Crippen molar-refractivity contribution < 1.29 is 29.1 Å². The molecule has 0 spiro atoms. The molecule has 0 N–H and O–H groups in total. The Bertz CT molecular complexity index is 55.1. The number of rotatable bonds is 2. The maximum Gasteiger partial charge on any atom is 0 e. The first-order chi connectivity index (χ1) is 2.77. The van der Waals surface area contributed by atoms with E-state index in [1.165, 1.54) is 0 Å². The van der Waals surface area contributed by atoms with Crippen molar-refractivity contribution in [2.45, 2.75) is 0 Å². The largest absolute Gasteiger partial charge is 0.553 e. The zero-order valence-electron chi connectivity index (χ0n) is 5.37. The van der Waals surface area contributed by atoms with Crippen molar-refractivity contribution in [3.8, 4) is 0 Å². The minimum Gasteiger partial charge on any atom is -0.553 e. The van der Waals surface area contributed by atoms with Crippen molar-refractivity contribution >= 4 is 32.1 Å². The molecule has 0 fully saturated rings. The monoisotopic (exact) mass is 218 g/mol. The van der Waals surface area contributed by atoms with Gasteiger partial charge in [0.15, 0.2) is 0 Å². The summed E-state index contributed by atoms with van der Waals surface area (Å²) in [6, 6.07) is 0. The summed E-state index contributed by atoms with van der Waals surface area (Å²) in [5.41, 5.74) is 0. The zero-order chi connectivity index (χ0) is 4.99. The van der Waals surface area contributed by atoms with Gasteiger partial charge in [0.25, 0.3) is 0 Å². The second-order valence-corrected chi connectivity index (χ2v) is 1.47. The maximum atomic E-state index is 9.13. The van der Waals surface area contributed by atoms with Crippen LogP contribution in [0.1, 0.15) is 0 Å². The van der Waals surface area contributed by atoms with Crippen molar-refractivity contribution in [1.29, 1.82) is 0 Å². The zero-order valence-corrected chi connectivity index (χ0v) is 10.1. The Kier molecular flexibility index (Phi) is 39.9. The van der Waals surface area contributed by atoms with E-state index < -0.39 is 0 Å². The van der Waals surface area contributed by atoms with E-state index in [4.69, 9.17) is 4.79 Å². The smallest absolute Gasteiger partial charge is 0 e. The fourth-order valence-corrected chi connectivity index (χ4v) is 0.100. The topological polar surface area (TPSA) is 29.5 Å². The van der Waals surface area contributed by atoms with Crippen LogP contribution in [0.2, 0.25) is 0 Å². The molecule has 0 rings (SSSR count). The van der Waals surface area contributed by atoms with Crippen LogP contribution in [0.3, 0.4) is 0 Å². The molecule has 0 saturated carbocycles. The summed E-state index contributed by atoms with van der Waals surface area (Å²) in [6.45, 7) is 1.09. The van der Waals surface area contributed by atoms with Gasteiger partial charge in [-0.05, 0) is 32.1 Å². The SMILES string of the molecule is O=[C-]ON(S)S.[CH3-].[CH3-].[Zn]. The average molecular weight is 220 g/mol. The van der Waals surface area contributed by atoms with Gasteiger partial charge in [-0.2, -0.15) is 0 Å². The summed E-state index contributed by atoms with van der Waals surface area (Å²) >= 11 is 6.78. The molecule has 6 heteroatoms. The fraction of sp³-hybridized carbons (Fsp3) is 0. The van der Waals surface area contributed by atoms with E-state index >= 15 is 0 Å². The average Bonchev–Trinajstić information content (AvgIpc) is 1.35. The van der Waals surface area contributed by atoms with Gasteiger partial charge in [0.1, 0.15) is 0 Å². The minimum absolute atomic E-state index is 0. The summed E-state index contributed by atoms with van der Waals surface area (Å²) in [6.07, 6.45) is 0. The summed E-state index contributed by atoms with van der Waals surface area (Å²) in [5.74, 6) is 0. The van der Waals surface area contributed by atoms with Crippen molar-refractivity contribution in [2.24, 2.45) is 0 Å². The van der Waals surface area contributed by atoms with E-state index in [0.29, 0.717) is 3.87 Å². The molecule has 0 radical (unpaired) electrons. The van der Waals surface area contributed by atoms with Gasteiger partial charge in [-0.1, -0.05) is 3.87 Å². The van der Waals surface area contributed by atoms with Crippen LogP contribution in [0.5, 0.6) is 0 Å². The molecule has 0 heterocycles. The van der Waals surface area contributed by atoms with E-state index in [1.807, 2.05) is 0 Å². The molecule has 0 amide bonds. The van der Waals surface area contributed by atoms with Crippen LogP contribution in [0.15, 0.2) is 0 Å². The van der Waals surface area contributed by atoms with Gasteiger partial charge < -0.3 is 24.5 Å². The third-order valence-electron chi connectivity index (χ3n) is 0.119. The van der Waals surface area contributed by atoms with Crippen molar-refractivity contribution in [1.82, 2.24) is 3.87 Å². The third-order valence-corrected chi connectivity index (χ3v) is 0.282. The van der Waals surface area contributed by atoms with Gasteiger partial charge in [-0.15, -0.1) is 0 Å². The molecule has 9 heavy (non-hydrogen) atoms. The van der Waals surface area contributed by atoms with Gasteiger partial charge in [0, 0.05) is 19.5 Å². The predicted molar refractivity (Wildman–Crippen MR) is 39.4 cm³/mol. The van der Waals surface area contributed by atoms with Gasteiger partial charge in [0.05, 0.1) is 0 Å². The number of hydrogen-bond acceptors (Lipinski definition) is 5. The first-order valence-electron chi connectivity index (χ1n) is 0.991. The first-order valence-corrected chi connectivity index (χ1v) is 1.79. The second-order valence-electron chi connectivity index (χ2n) is 0.427. The molecule has 0 aliphatic carbocycles. The number of thiol groups is 2. The van der Waals surface area contributed by atoms with E-state index in [2.05, 4.69) is 30.5 Å². The standard InChI is InChI=1S/CH2NO2S2.2CH3.Zn/c3-1-4-2(5)6;;;/h5-6H;2*1H3;/q3*-1;. The van der Waals surface area contributed by atoms with Gasteiger partial charge in [0.2, 0.25) is 0 Å². The molecule has 54 valence electrons. The number of nitrogens with zero attached hydrogens (tertiary/aromatic N) is 1. The molecule has 0 bridgehead atoms. The molecule has 0 aromatic heterocycles. The Morgan fingerprint density at radius 2 is 1.67 bits per heavy atom. The molecular formula is C3H8NO2S2Zn-3. The van der Waals surface area contributed by atoms with E-state index in [0.717, 1.165) is 6.47 Å². The Balaban J connectivity index is -0.0000000417. The fourth-order valence-electron chi connectivity index (χ4n) is 0.0333. The molecular weight excluding hydrogens is 212 g/mol. The van der Waals surface area contributed by atoms with Gasteiger partial charge in [-0.25, -0.2) is 0 Å². The molecule has 0 atom stereocenters. The first kappa shape index (κ1) is 22.6. The summed E-state index contributed by atoms with van der Waals surface area (Å²) in [5, 5.41) is 0. The summed E-state index contributed by atoms with van der Waals surface area (Å²) < 4.78 is 0.646. The molecule has 0 aromatic carbocycles.